The molecule has 0 bridgehead atoms. The zero-order valence-corrected chi connectivity index (χ0v) is 17.5. The van der Waals surface area contributed by atoms with Gasteiger partial charge in [-0.25, -0.2) is 8.42 Å². The largest absolute Gasteiger partial charge is 0.741 e. The van der Waals surface area contributed by atoms with Gasteiger partial charge in [-0.3, -0.25) is 9.59 Å². The molecule has 0 heterocycles. The third kappa shape index (κ3) is 10.9. The highest BCUT2D eigenvalue weighted by molar-refractivity contribution is 7.96. The summed E-state index contributed by atoms with van der Waals surface area (Å²) >= 11 is 0. The molecule has 0 amide bonds. The Morgan fingerprint density at radius 1 is 0.966 bits per heavy atom. The van der Waals surface area contributed by atoms with Crippen molar-refractivity contribution in [3.05, 3.63) is 24.3 Å². The third-order valence-corrected chi connectivity index (χ3v) is 6.14. The quantitative estimate of drug-likeness (QED) is 0.249. The molecule has 0 aliphatic rings. The monoisotopic (exact) mass is 462 g/mol. The normalized spacial score (nSPS) is 11.3. The number of rotatable bonds is 8. The molecule has 29 heavy (non-hydrogen) atoms. The molecule has 1 aromatic rings. The van der Waals surface area contributed by atoms with Crippen molar-refractivity contribution in [1.29, 1.82) is 0 Å². The molecule has 0 radical (unpaired) electrons. The second-order valence-corrected chi connectivity index (χ2v) is 8.77. The summed E-state index contributed by atoms with van der Waals surface area (Å²) in [5.74, 6) is 1.63. The van der Waals surface area contributed by atoms with Crippen LogP contribution in [0.2, 0.25) is 0 Å². The number of methoxy groups -OCH3 is 3. The van der Waals surface area contributed by atoms with Crippen molar-refractivity contribution in [2.24, 2.45) is 0 Å². The van der Waals surface area contributed by atoms with E-state index >= 15 is 0 Å². The molecule has 0 fully saturated rings. The Kier molecular flexibility index (Phi) is 11.7. The van der Waals surface area contributed by atoms with Gasteiger partial charge in [-0.15, -0.1) is 0 Å². The first-order valence-corrected chi connectivity index (χ1v) is 10.8. The fourth-order valence-corrected chi connectivity index (χ4v) is 3.75. The standard InChI is InChI=1S/C15H21O5S.CHF3O3S/c1-18-12-4-6-13(7-5-12)21(10-8-14(16)19-2)11-9-15(17)20-3;2-1(3,4)8(5,6)7/h4-7H,8-11H2,1-3H3;(H,5,6,7)/q+1;/p-1. The van der Waals surface area contributed by atoms with E-state index < -0.39 is 15.6 Å². The van der Waals surface area contributed by atoms with Gasteiger partial charge in [-0.2, -0.15) is 13.2 Å². The lowest BCUT2D eigenvalue weighted by molar-refractivity contribution is -0.140. The van der Waals surface area contributed by atoms with Crippen LogP contribution in [-0.2, 0) is 40.1 Å². The molecular weight excluding hydrogens is 441 g/mol. The minimum atomic E-state index is -6.09. The lowest BCUT2D eigenvalue weighted by atomic mass is 10.3. The molecule has 166 valence electrons. The third-order valence-electron chi connectivity index (χ3n) is 3.24. The minimum Gasteiger partial charge on any atom is -0.741 e. The summed E-state index contributed by atoms with van der Waals surface area (Å²) in [5.41, 5.74) is -5.65. The predicted molar refractivity (Wildman–Crippen MR) is 97.4 cm³/mol. The van der Waals surface area contributed by atoms with E-state index in [1.807, 2.05) is 24.3 Å². The Hall–Kier alpha value is -1.99. The summed E-state index contributed by atoms with van der Waals surface area (Å²) in [6, 6.07) is 7.70. The van der Waals surface area contributed by atoms with E-state index in [1.165, 1.54) is 14.2 Å². The number of carbonyl (C=O) groups is 2. The van der Waals surface area contributed by atoms with E-state index in [9.17, 15) is 22.8 Å². The smallest absolute Gasteiger partial charge is 0.485 e. The Bertz CT molecular complexity index is 728. The molecule has 0 saturated carbocycles. The molecule has 1 aromatic carbocycles. The molecule has 0 N–H and O–H groups in total. The van der Waals surface area contributed by atoms with Crippen molar-refractivity contribution >= 4 is 33.0 Å². The van der Waals surface area contributed by atoms with E-state index in [4.69, 9.17) is 17.7 Å². The fourth-order valence-electron chi connectivity index (χ4n) is 1.72. The molecule has 0 aliphatic carbocycles. The zero-order valence-electron chi connectivity index (χ0n) is 15.9. The highest BCUT2D eigenvalue weighted by atomic mass is 32.2. The van der Waals surface area contributed by atoms with Gasteiger partial charge < -0.3 is 18.8 Å². The lowest BCUT2D eigenvalue weighted by Gasteiger charge is -2.08. The second-order valence-electron chi connectivity index (χ2n) is 5.13. The topological polar surface area (TPSA) is 119 Å². The average molecular weight is 462 g/mol. The van der Waals surface area contributed by atoms with Crippen LogP contribution in [0.25, 0.3) is 0 Å². The van der Waals surface area contributed by atoms with E-state index in [0.29, 0.717) is 24.3 Å². The van der Waals surface area contributed by atoms with Crippen LogP contribution in [0.5, 0.6) is 5.75 Å². The molecule has 0 unspecified atom stereocenters. The summed E-state index contributed by atoms with van der Waals surface area (Å²) in [7, 11) is -1.92. The molecule has 13 heteroatoms. The van der Waals surface area contributed by atoms with Gasteiger partial charge in [0, 0.05) is 10.9 Å². The van der Waals surface area contributed by atoms with Crippen molar-refractivity contribution < 1.29 is 49.9 Å². The van der Waals surface area contributed by atoms with Crippen molar-refractivity contribution in [2.45, 2.75) is 23.2 Å². The van der Waals surface area contributed by atoms with Crippen LogP contribution in [0.15, 0.2) is 29.2 Å². The van der Waals surface area contributed by atoms with Crippen LogP contribution in [0.3, 0.4) is 0 Å². The second kappa shape index (κ2) is 12.5. The molecule has 0 spiro atoms. The van der Waals surface area contributed by atoms with Crippen molar-refractivity contribution in [1.82, 2.24) is 0 Å². The Balaban J connectivity index is 0.000000828. The Morgan fingerprint density at radius 3 is 1.62 bits per heavy atom. The number of carbonyl (C=O) groups excluding carboxylic acids is 2. The highest BCUT2D eigenvalue weighted by Crippen LogP contribution is 2.21. The molecule has 0 aromatic heterocycles. The number of alkyl halides is 3. The maximum Gasteiger partial charge on any atom is 0.485 e. The molecule has 0 atom stereocenters. The van der Waals surface area contributed by atoms with E-state index in [0.717, 1.165) is 10.6 Å². The number of ether oxygens (including phenoxy) is 3. The van der Waals surface area contributed by atoms with Crippen molar-refractivity contribution in [3.63, 3.8) is 0 Å². The van der Waals surface area contributed by atoms with Gasteiger partial charge in [0.05, 0.1) is 34.2 Å². The average Bonchev–Trinajstić information content (AvgIpc) is 2.66. The predicted octanol–water partition coefficient (Wildman–Crippen LogP) is 1.85. The number of benzene rings is 1. The van der Waals surface area contributed by atoms with Crippen LogP contribution in [0, 0.1) is 0 Å². The van der Waals surface area contributed by atoms with Gasteiger partial charge in [0.25, 0.3) is 0 Å². The minimum absolute atomic E-state index is 0.200. The van der Waals surface area contributed by atoms with Crippen LogP contribution in [0.4, 0.5) is 13.2 Å². The van der Waals surface area contributed by atoms with E-state index in [-0.39, 0.29) is 22.8 Å². The van der Waals surface area contributed by atoms with E-state index in [2.05, 4.69) is 9.47 Å². The first kappa shape index (κ1) is 27.0. The van der Waals surface area contributed by atoms with Gasteiger partial charge in [-0.05, 0) is 24.3 Å². The molecule has 8 nitrogen and oxygen atoms in total. The van der Waals surface area contributed by atoms with Gasteiger partial charge in [0.2, 0.25) is 0 Å². The Morgan fingerprint density at radius 2 is 1.34 bits per heavy atom. The molecule has 1 rings (SSSR count). The van der Waals surface area contributed by atoms with Gasteiger partial charge >= 0.3 is 17.4 Å². The van der Waals surface area contributed by atoms with Crippen LogP contribution in [0.1, 0.15) is 12.8 Å². The lowest BCUT2D eigenvalue weighted by Crippen LogP contribution is -2.21. The first-order valence-electron chi connectivity index (χ1n) is 7.83. The summed E-state index contributed by atoms with van der Waals surface area (Å²) in [6.45, 7) is 0. The summed E-state index contributed by atoms with van der Waals surface area (Å²) in [5, 5.41) is 0. The van der Waals surface area contributed by atoms with Gasteiger partial charge in [0.1, 0.15) is 17.3 Å². The summed E-state index contributed by atoms with van der Waals surface area (Å²) < 4.78 is 73.4. The maximum atomic E-state index is 11.3. The van der Waals surface area contributed by atoms with Crippen molar-refractivity contribution in [3.8, 4) is 5.75 Å². The molecule has 0 aliphatic heterocycles. The first-order chi connectivity index (χ1) is 13.4. The molecular formula is C16H21F3O8S2. The van der Waals surface area contributed by atoms with Crippen LogP contribution >= 0.6 is 0 Å². The maximum absolute atomic E-state index is 11.3. The zero-order chi connectivity index (χ0) is 22.7. The number of hydrogen-bond donors (Lipinski definition) is 0. The van der Waals surface area contributed by atoms with Gasteiger partial charge in [-0.1, -0.05) is 0 Å². The fraction of sp³-hybridized carbons (Fsp3) is 0.500. The summed E-state index contributed by atoms with van der Waals surface area (Å²) in [6.07, 6.45) is 0.680. The number of halogens is 3. The van der Waals surface area contributed by atoms with Crippen LogP contribution in [-0.4, -0.2) is 63.3 Å². The van der Waals surface area contributed by atoms with E-state index in [1.54, 1.807) is 7.11 Å². The number of esters is 2. The molecule has 0 saturated heterocycles. The van der Waals surface area contributed by atoms with Crippen LogP contribution < -0.4 is 4.74 Å². The SMILES string of the molecule is COC(=O)CC[S+](CCC(=O)OC)c1ccc(OC)cc1.O=S(=O)([O-])C(F)(F)F. The summed E-state index contributed by atoms with van der Waals surface area (Å²) in [4.78, 5) is 23.7. The highest BCUT2D eigenvalue weighted by Gasteiger charge is 2.36. The van der Waals surface area contributed by atoms with Gasteiger partial charge in [0.15, 0.2) is 15.0 Å². The van der Waals surface area contributed by atoms with Crippen molar-refractivity contribution in [2.75, 3.05) is 32.8 Å². The Labute approximate surface area is 169 Å². The number of hydrogen-bond acceptors (Lipinski definition) is 8.